The zero-order chi connectivity index (χ0) is 24.9. The minimum absolute atomic E-state index is 0.0284. The van der Waals surface area contributed by atoms with Crippen LogP contribution < -0.4 is 10.6 Å². The summed E-state index contributed by atoms with van der Waals surface area (Å²) >= 11 is 0. The molecule has 0 radical (unpaired) electrons. The van der Waals surface area contributed by atoms with Gasteiger partial charge in [0.15, 0.2) is 0 Å². The molecular weight excluding hydrogens is 460 g/mol. The van der Waals surface area contributed by atoms with Crippen molar-refractivity contribution in [2.75, 3.05) is 18.5 Å². The topological polar surface area (TPSA) is 123 Å². The van der Waals surface area contributed by atoms with Gasteiger partial charge in [0.1, 0.15) is 12.2 Å². The third-order valence-electron chi connectivity index (χ3n) is 6.45. The average molecular weight is 489 g/mol. The highest BCUT2D eigenvalue weighted by atomic mass is 16.6. The standard InChI is InChI=1S/C27H28N4O5/c32-23(7-4-8-24(33)34)29-21-15-35-26-22(16-36-25(21)26)31-27-28-14-13-20(30-27)19-11-9-18(10-12-19)17-5-2-1-3-6-17/h1-3,5-6,9-14,21-22,25-26H,4,7-8,15-16H2,(H,29,32)(H,33,34)(H,28,30,31). The number of carboxylic acids is 1. The molecule has 2 saturated heterocycles. The van der Waals surface area contributed by atoms with Crippen LogP contribution in [0.2, 0.25) is 0 Å². The van der Waals surface area contributed by atoms with Crippen molar-refractivity contribution in [2.45, 2.75) is 43.6 Å². The minimum Gasteiger partial charge on any atom is -0.481 e. The molecule has 0 aliphatic carbocycles. The normalized spacial score (nSPS) is 22.7. The lowest BCUT2D eigenvalue weighted by Gasteiger charge is -2.18. The summed E-state index contributed by atoms with van der Waals surface area (Å²) in [5, 5.41) is 15.0. The Kier molecular flexibility index (Phi) is 7.20. The first-order chi connectivity index (χ1) is 17.6. The van der Waals surface area contributed by atoms with Crippen LogP contribution in [0.5, 0.6) is 0 Å². The molecule has 3 N–H and O–H groups in total. The molecule has 0 spiro atoms. The second-order valence-electron chi connectivity index (χ2n) is 8.98. The van der Waals surface area contributed by atoms with Crippen LogP contribution in [-0.4, -0.2) is 64.5 Å². The zero-order valence-electron chi connectivity index (χ0n) is 19.7. The summed E-state index contributed by atoms with van der Waals surface area (Å²) in [6.45, 7) is 0.743. The fraction of sp³-hybridized carbons (Fsp3) is 0.333. The second-order valence-corrected chi connectivity index (χ2v) is 8.98. The molecule has 0 saturated carbocycles. The molecule has 9 nitrogen and oxygen atoms in total. The van der Waals surface area contributed by atoms with Crippen molar-refractivity contribution >= 4 is 17.8 Å². The van der Waals surface area contributed by atoms with Crippen LogP contribution in [0.25, 0.3) is 22.4 Å². The maximum atomic E-state index is 12.2. The van der Waals surface area contributed by atoms with E-state index in [1.165, 1.54) is 0 Å². The molecule has 1 aromatic heterocycles. The van der Waals surface area contributed by atoms with Crippen molar-refractivity contribution in [3.05, 3.63) is 66.9 Å². The zero-order valence-corrected chi connectivity index (χ0v) is 19.7. The number of carbonyl (C=O) groups is 2. The van der Waals surface area contributed by atoms with E-state index in [1.54, 1.807) is 6.20 Å². The van der Waals surface area contributed by atoms with Crippen molar-refractivity contribution < 1.29 is 24.2 Å². The summed E-state index contributed by atoms with van der Waals surface area (Å²) in [5.74, 6) is -0.617. The Hall–Kier alpha value is -3.82. The molecular formula is C27H28N4O5. The van der Waals surface area contributed by atoms with Gasteiger partial charge in [-0.05, 0) is 23.6 Å². The van der Waals surface area contributed by atoms with Crippen LogP contribution >= 0.6 is 0 Å². The quantitative estimate of drug-likeness (QED) is 0.420. The number of aliphatic carboxylic acids is 1. The van der Waals surface area contributed by atoms with Gasteiger partial charge in [-0.25, -0.2) is 9.97 Å². The number of nitrogens with zero attached hydrogens (tertiary/aromatic N) is 2. The monoisotopic (exact) mass is 488 g/mol. The number of anilines is 1. The number of fused-ring (bicyclic) bond motifs is 1. The van der Waals surface area contributed by atoms with Crippen LogP contribution in [0.3, 0.4) is 0 Å². The smallest absolute Gasteiger partial charge is 0.303 e. The summed E-state index contributed by atoms with van der Waals surface area (Å²) in [6, 6.07) is 19.9. The van der Waals surface area contributed by atoms with Crippen molar-refractivity contribution in [1.82, 2.24) is 15.3 Å². The first-order valence-corrected chi connectivity index (χ1v) is 12.1. The van der Waals surface area contributed by atoms with Crippen LogP contribution in [0, 0.1) is 0 Å². The Bertz CT molecular complexity index is 1200. The summed E-state index contributed by atoms with van der Waals surface area (Å²) in [6.07, 6.45) is 1.63. The molecule has 2 fully saturated rings. The fourth-order valence-electron chi connectivity index (χ4n) is 4.64. The maximum Gasteiger partial charge on any atom is 0.303 e. The third-order valence-corrected chi connectivity index (χ3v) is 6.45. The molecule has 4 atom stereocenters. The Morgan fingerprint density at radius 1 is 0.861 bits per heavy atom. The molecule has 2 aromatic carbocycles. The van der Waals surface area contributed by atoms with Crippen LogP contribution in [0.1, 0.15) is 19.3 Å². The number of benzene rings is 2. The van der Waals surface area contributed by atoms with Gasteiger partial charge < -0.3 is 25.2 Å². The first kappa shape index (κ1) is 23.9. The largest absolute Gasteiger partial charge is 0.481 e. The van der Waals surface area contributed by atoms with E-state index in [4.69, 9.17) is 14.6 Å². The first-order valence-electron chi connectivity index (χ1n) is 12.1. The SMILES string of the molecule is O=C(O)CCCC(=O)NC1COC2C(Nc3nccc(-c4ccc(-c5ccccc5)cc4)n3)COC12. The second kappa shape index (κ2) is 10.8. The molecule has 2 aliphatic rings. The van der Waals surface area contributed by atoms with Gasteiger partial charge in [0.25, 0.3) is 0 Å². The molecule has 36 heavy (non-hydrogen) atoms. The number of amides is 1. The van der Waals surface area contributed by atoms with Gasteiger partial charge in [-0.3, -0.25) is 9.59 Å². The molecule has 9 heteroatoms. The van der Waals surface area contributed by atoms with Crippen molar-refractivity contribution in [2.24, 2.45) is 0 Å². The van der Waals surface area contributed by atoms with Crippen LogP contribution in [0.4, 0.5) is 5.95 Å². The number of ether oxygens (including phenoxy) is 2. The van der Waals surface area contributed by atoms with E-state index < -0.39 is 5.97 Å². The molecule has 1 amide bonds. The summed E-state index contributed by atoms with van der Waals surface area (Å²) in [5.41, 5.74) is 4.10. The summed E-state index contributed by atoms with van der Waals surface area (Å²) in [7, 11) is 0. The van der Waals surface area contributed by atoms with Gasteiger partial charge in [-0.15, -0.1) is 0 Å². The number of hydrogen-bond acceptors (Lipinski definition) is 7. The summed E-state index contributed by atoms with van der Waals surface area (Å²) < 4.78 is 11.9. The van der Waals surface area contributed by atoms with E-state index in [0.29, 0.717) is 25.6 Å². The maximum absolute atomic E-state index is 12.2. The lowest BCUT2D eigenvalue weighted by Crippen LogP contribution is -2.44. The van der Waals surface area contributed by atoms with E-state index in [9.17, 15) is 9.59 Å². The summed E-state index contributed by atoms with van der Waals surface area (Å²) in [4.78, 5) is 31.9. The van der Waals surface area contributed by atoms with Gasteiger partial charge in [-0.2, -0.15) is 0 Å². The van der Waals surface area contributed by atoms with Crippen molar-refractivity contribution in [3.63, 3.8) is 0 Å². The Labute approximate surface area is 208 Å². The number of rotatable bonds is 9. The van der Waals surface area contributed by atoms with Gasteiger partial charge >= 0.3 is 5.97 Å². The van der Waals surface area contributed by atoms with Crippen LogP contribution in [-0.2, 0) is 19.1 Å². The van der Waals surface area contributed by atoms with Gasteiger partial charge in [0.05, 0.1) is 31.0 Å². The van der Waals surface area contributed by atoms with Gasteiger partial charge in [0.2, 0.25) is 11.9 Å². The molecule has 186 valence electrons. The Balaban J connectivity index is 1.19. The lowest BCUT2D eigenvalue weighted by atomic mass is 10.0. The average Bonchev–Trinajstić information content (AvgIpc) is 3.48. The Morgan fingerprint density at radius 3 is 2.28 bits per heavy atom. The highest BCUT2D eigenvalue weighted by Gasteiger charge is 2.48. The molecule has 5 rings (SSSR count). The lowest BCUT2D eigenvalue weighted by molar-refractivity contribution is -0.137. The van der Waals surface area contributed by atoms with E-state index in [0.717, 1.165) is 22.4 Å². The molecule has 4 unspecified atom stereocenters. The predicted octanol–water partition coefficient (Wildman–Crippen LogP) is 3.13. The van der Waals surface area contributed by atoms with E-state index >= 15 is 0 Å². The van der Waals surface area contributed by atoms with Crippen LogP contribution in [0.15, 0.2) is 66.9 Å². The molecule has 0 bridgehead atoms. The van der Waals surface area contributed by atoms with Crippen molar-refractivity contribution in [3.8, 4) is 22.4 Å². The van der Waals surface area contributed by atoms with Gasteiger partial charge in [-0.1, -0.05) is 54.6 Å². The molecule has 2 aliphatic heterocycles. The van der Waals surface area contributed by atoms with E-state index in [-0.39, 0.29) is 43.0 Å². The number of carboxylic acid groups (broad SMARTS) is 1. The third kappa shape index (κ3) is 5.53. The minimum atomic E-state index is -0.907. The highest BCUT2D eigenvalue weighted by molar-refractivity contribution is 5.77. The fourth-order valence-corrected chi connectivity index (χ4v) is 4.64. The predicted molar refractivity (Wildman–Crippen MR) is 133 cm³/mol. The molecule has 3 aromatic rings. The number of hydrogen-bond donors (Lipinski definition) is 3. The van der Waals surface area contributed by atoms with E-state index in [1.807, 2.05) is 36.4 Å². The number of nitrogens with one attached hydrogen (secondary N) is 2. The van der Waals surface area contributed by atoms with Gasteiger partial charge in [0, 0.05) is 24.6 Å². The van der Waals surface area contributed by atoms with E-state index in [2.05, 4.69) is 44.9 Å². The van der Waals surface area contributed by atoms with Crippen molar-refractivity contribution in [1.29, 1.82) is 0 Å². The molecule has 3 heterocycles. The highest BCUT2D eigenvalue weighted by Crippen LogP contribution is 2.29. The number of carbonyl (C=O) groups excluding carboxylic acids is 1. The number of aromatic nitrogens is 2. The Morgan fingerprint density at radius 2 is 1.53 bits per heavy atom.